The molecule has 1 aliphatic heterocycles. The second-order valence-electron chi connectivity index (χ2n) is 7.95. The van der Waals surface area contributed by atoms with Crippen LogP contribution >= 0.6 is 0 Å². The Hall–Kier alpha value is -1.98. The lowest BCUT2D eigenvalue weighted by Gasteiger charge is -2.30. The molecule has 2 aromatic rings. The number of likely N-dealkylation sites (N-methyl/N-ethyl adjacent to an activating group) is 1. The Morgan fingerprint density at radius 3 is 2.15 bits per heavy atom. The van der Waals surface area contributed by atoms with E-state index in [4.69, 9.17) is 4.74 Å². The normalized spacial score (nSPS) is 16.2. The molecule has 0 spiro atoms. The number of sulfonamides is 2. The highest BCUT2D eigenvalue weighted by atomic mass is 32.2. The van der Waals surface area contributed by atoms with Crippen molar-refractivity contribution in [2.45, 2.75) is 42.5 Å². The maximum Gasteiger partial charge on any atom is 0.243 e. The third-order valence-corrected chi connectivity index (χ3v) is 9.39. The van der Waals surface area contributed by atoms with Crippen molar-refractivity contribution in [3.05, 3.63) is 54.1 Å². The van der Waals surface area contributed by atoms with Gasteiger partial charge in [0.2, 0.25) is 20.0 Å². The van der Waals surface area contributed by atoms with E-state index in [1.807, 2.05) is 38.1 Å². The van der Waals surface area contributed by atoms with Gasteiger partial charge in [0.1, 0.15) is 5.75 Å². The second-order valence-corrected chi connectivity index (χ2v) is 11.7. The van der Waals surface area contributed by atoms with Crippen LogP contribution in [0.15, 0.2) is 58.3 Å². The molecule has 0 saturated carbocycles. The van der Waals surface area contributed by atoms with Crippen molar-refractivity contribution in [1.29, 1.82) is 0 Å². The molecule has 1 N–H and O–H groups in total. The number of ether oxygens (including phenoxy) is 1. The van der Waals surface area contributed by atoms with E-state index < -0.39 is 20.0 Å². The Morgan fingerprint density at radius 2 is 1.58 bits per heavy atom. The SMILES string of the molecule is CCN(CC)C(CNS(=O)(=O)c1ccc(S(=O)(=O)N2CCCC2)cc1)c1cccc(OC)c1. The van der Waals surface area contributed by atoms with Gasteiger partial charge in [-0.05, 0) is 67.9 Å². The number of benzene rings is 2. The van der Waals surface area contributed by atoms with Gasteiger partial charge in [-0.15, -0.1) is 0 Å². The molecule has 1 atom stereocenters. The molecule has 1 unspecified atom stereocenters. The summed E-state index contributed by atoms with van der Waals surface area (Å²) in [6.45, 7) is 6.74. The lowest BCUT2D eigenvalue weighted by Crippen LogP contribution is -2.38. The van der Waals surface area contributed by atoms with Crippen molar-refractivity contribution in [2.24, 2.45) is 0 Å². The molecule has 33 heavy (non-hydrogen) atoms. The minimum atomic E-state index is -3.83. The van der Waals surface area contributed by atoms with Gasteiger partial charge in [-0.25, -0.2) is 21.6 Å². The fourth-order valence-electron chi connectivity index (χ4n) is 4.11. The van der Waals surface area contributed by atoms with Crippen LogP contribution in [0.2, 0.25) is 0 Å². The minimum Gasteiger partial charge on any atom is -0.497 e. The van der Waals surface area contributed by atoms with E-state index in [9.17, 15) is 16.8 Å². The fourth-order valence-corrected chi connectivity index (χ4v) is 6.67. The van der Waals surface area contributed by atoms with Crippen LogP contribution in [0.25, 0.3) is 0 Å². The Bertz CT molecular complexity index is 1120. The average molecular weight is 496 g/mol. The van der Waals surface area contributed by atoms with Crippen molar-refractivity contribution < 1.29 is 21.6 Å². The van der Waals surface area contributed by atoms with Gasteiger partial charge in [-0.1, -0.05) is 26.0 Å². The van der Waals surface area contributed by atoms with Crippen LogP contribution in [0.3, 0.4) is 0 Å². The zero-order chi connectivity index (χ0) is 24.1. The van der Waals surface area contributed by atoms with Crippen molar-refractivity contribution in [3.8, 4) is 5.75 Å². The number of nitrogens with zero attached hydrogens (tertiary/aromatic N) is 2. The number of hydrogen-bond acceptors (Lipinski definition) is 6. The molecule has 0 aromatic heterocycles. The summed E-state index contributed by atoms with van der Waals surface area (Å²) in [4.78, 5) is 2.32. The van der Waals surface area contributed by atoms with Crippen LogP contribution in [0.4, 0.5) is 0 Å². The molecule has 8 nitrogen and oxygen atoms in total. The Kier molecular flexibility index (Phi) is 8.52. The first-order valence-corrected chi connectivity index (χ1v) is 14.1. The molecule has 0 aliphatic carbocycles. The van der Waals surface area contributed by atoms with Crippen LogP contribution < -0.4 is 9.46 Å². The topological polar surface area (TPSA) is 96.0 Å². The van der Waals surface area contributed by atoms with E-state index in [0.29, 0.717) is 18.8 Å². The maximum atomic E-state index is 13.0. The molecular weight excluding hydrogens is 462 g/mol. The third-order valence-electron chi connectivity index (χ3n) is 6.04. The van der Waals surface area contributed by atoms with Gasteiger partial charge < -0.3 is 4.74 Å². The summed E-state index contributed by atoms with van der Waals surface area (Å²) in [5.74, 6) is 0.710. The molecule has 1 saturated heterocycles. The first-order chi connectivity index (χ1) is 15.7. The second kappa shape index (κ2) is 11.0. The lowest BCUT2D eigenvalue weighted by atomic mass is 10.0. The Labute approximate surface area is 197 Å². The largest absolute Gasteiger partial charge is 0.497 e. The summed E-state index contributed by atoms with van der Waals surface area (Å²) in [6, 6.07) is 12.9. The molecule has 1 fully saturated rings. The monoisotopic (exact) mass is 495 g/mol. The van der Waals surface area contributed by atoms with Gasteiger partial charge >= 0.3 is 0 Å². The van der Waals surface area contributed by atoms with Crippen molar-refractivity contribution >= 4 is 20.0 Å². The molecular formula is C23H33N3O5S2. The van der Waals surface area contributed by atoms with Gasteiger partial charge in [0.05, 0.1) is 16.9 Å². The highest BCUT2D eigenvalue weighted by molar-refractivity contribution is 7.89. The third kappa shape index (κ3) is 5.93. The summed E-state index contributed by atoms with van der Waals surface area (Å²) in [6.07, 6.45) is 1.69. The average Bonchev–Trinajstić information content (AvgIpc) is 3.38. The van der Waals surface area contributed by atoms with E-state index in [2.05, 4.69) is 9.62 Å². The van der Waals surface area contributed by atoms with Crippen molar-refractivity contribution in [2.75, 3.05) is 39.8 Å². The van der Waals surface area contributed by atoms with Gasteiger partial charge in [-0.2, -0.15) is 4.31 Å². The molecule has 1 heterocycles. The fraction of sp³-hybridized carbons (Fsp3) is 0.478. The van der Waals surface area contributed by atoms with E-state index >= 15 is 0 Å². The molecule has 10 heteroatoms. The zero-order valence-electron chi connectivity index (χ0n) is 19.4. The standard InChI is InChI=1S/C23H33N3O5S2/c1-4-25(5-2)23(19-9-8-10-20(17-19)31-3)18-24-32(27,28)21-11-13-22(14-12-21)33(29,30)26-15-6-7-16-26/h8-14,17,23-24H,4-7,15-16,18H2,1-3H3. The van der Waals surface area contributed by atoms with Crippen molar-refractivity contribution in [3.63, 3.8) is 0 Å². The zero-order valence-corrected chi connectivity index (χ0v) is 21.0. The molecule has 0 radical (unpaired) electrons. The molecule has 3 rings (SSSR count). The van der Waals surface area contributed by atoms with Gasteiger partial charge in [0, 0.05) is 25.7 Å². The summed E-state index contributed by atoms with van der Waals surface area (Å²) in [7, 11) is -5.82. The highest BCUT2D eigenvalue weighted by Gasteiger charge is 2.28. The van der Waals surface area contributed by atoms with Crippen LogP contribution in [0.1, 0.15) is 38.3 Å². The van der Waals surface area contributed by atoms with E-state index in [-0.39, 0.29) is 22.4 Å². The first-order valence-electron chi connectivity index (χ1n) is 11.2. The Balaban J connectivity index is 1.79. The Morgan fingerprint density at radius 1 is 0.970 bits per heavy atom. The predicted molar refractivity (Wildman–Crippen MR) is 128 cm³/mol. The quantitative estimate of drug-likeness (QED) is 0.515. The summed E-state index contributed by atoms with van der Waals surface area (Å²) >= 11 is 0. The molecule has 2 aromatic carbocycles. The number of methoxy groups -OCH3 is 1. The maximum absolute atomic E-state index is 13.0. The van der Waals surface area contributed by atoms with Gasteiger partial charge in [-0.3, -0.25) is 4.90 Å². The number of hydrogen-bond donors (Lipinski definition) is 1. The number of rotatable bonds is 11. The molecule has 182 valence electrons. The van der Waals surface area contributed by atoms with E-state index in [1.54, 1.807) is 7.11 Å². The van der Waals surface area contributed by atoms with Gasteiger partial charge in [0.15, 0.2) is 0 Å². The number of nitrogens with one attached hydrogen (secondary N) is 1. The van der Waals surface area contributed by atoms with Crippen molar-refractivity contribution in [1.82, 2.24) is 13.9 Å². The van der Waals surface area contributed by atoms with Crippen LogP contribution in [-0.2, 0) is 20.0 Å². The van der Waals surface area contributed by atoms with Gasteiger partial charge in [0.25, 0.3) is 0 Å². The predicted octanol–water partition coefficient (Wildman–Crippen LogP) is 2.84. The smallest absolute Gasteiger partial charge is 0.243 e. The molecule has 0 amide bonds. The highest BCUT2D eigenvalue weighted by Crippen LogP contribution is 2.25. The first kappa shape index (κ1) is 25.6. The lowest BCUT2D eigenvalue weighted by molar-refractivity contribution is 0.219. The summed E-state index contributed by atoms with van der Waals surface area (Å²) in [5, 5.41) is 0. The van der Waals surface area contributed by atoms with Crippen LogP contribution in [0, 0.1) is 0 Å². The minimum absolute atomic E-state index is 0.0341. The molecule has 0 bridgehead atoms. The van der Waals surface area contributed by atoms with E-state index in [1.165, 1.54) is 28.6 Å². The van der Waals surface area contributed by atoms with Crippen LogP contribution in [-0.4, -0.2) is 65.9 Å². The molecule has 1 aliphatic rings. The summed E-state index contributed by atoms with van der Waals surface area (Å²) < 4.78 is 60.9. The summed E-state index contributed by atoms with van der Waals surface area (Å²) in [5.41, 5.74) is 0.952. The van der Waals surface area contributed by atoms with Crippen LogP contribution in [0.5, 0.6) is 5.75 Å². The van der Waals surface area contributed by atoms with E-state index in [0.717, 1.165) is 31.5 Å².